The molecule has 4 saturated carbocycles. The van der Waals surface area contributed by atoms with E-state index in [-0.39, 0.29) is 50.6 Å². The van der Waals surface area contributed by atoms with Crippen LogP contribution in [0.25, 0.3) is 0 Å². The van der Waals surface area contributed by atoms with Crippen molar-refractivity contribution in [2.24, 2.45) is 22.2 Å². The number of hydrogen-bond acceptors (Lipinski definition) is 3. The molecule has 0 atom stereocenters. The molecule has 3 amide bonds. The van der Waals surface area contributed by atoms with Crippen molar-refractivity contribution in [1.29, 1.82) is 0 Å². The topological polar surface area (TPSA) is 87.3 Å². The summed E-state index contributed by atoms with van der Waals surface area (Å²) in [6.45, 7) is 18.7. The van der Waals surface area contributed by atoms with Crippen LogP contribution in [0.1, 0.15) is 120 Å². The van der Waals surface area contributed by atoms with Gasteiger partial charge in [-0.1, -0.05) is 62.3 Å². The van der Waals surface area contributed by atoms with Gasteiger partial charge in [0.2, 0.25) is 17.7 Å². The molecule has 0 aromatic carbocycles. The van der Waals surface area contributed by atoms with Gasteiger partial charge in [-0.2, -0.15) is 0 Å². The lowest BCUT2D eigenvalue weighted by atomic mass is 9.46. The Morgan fingerprint density at radius 2 is 0.794 bits per heavy atom. The third kappa shape index (κ3) is 6.97. The minimum absolute atomic E-state index is 0.0711. The van der Waals surface area contributed by atoms with Crippen molar-refractivity contribution in [3.8, 4) is 0 Å². The quantitative estimate of drug-likeness (QED) is 0.513. The highest BCUT2D eigenvalue weighted by molar-refractivity contribution is 5.80. The Bertz CT molecular complexity index is 710. The molecule has 4 aliphatic rings. The first-order valence-corrected chi connectivity index (χ1v) is 13.1. The average Bonchev–Trinajstić information content (AvgIpc) is 2.44. The van der Waals surface area contributed by atoms with Crippen LogP contribution in [0.3, 0.4) is 0 Å². The van der Waals surface area contributed by atoms with Gasteiger partial charge in [-0.05, 0) is 60.7 Å². The summed E-state index contributed by atoms with van der Waals surface area (Å²) in [5, 5.41) is 10.3. The van der Waals surface area contributed by atoms with Crippen LogP contribution in [-0.4, -0.2) is 34.3 Å². The zero-order valence-electron chi connectivity index (χ0n) is 23.2. The number of carbonyl (C=O) groups is 3. The van der Waals surface area contributed by atoms with Crippen LogP contribution in [0, 0.1) is 22.2 Å². The number of nitrogens with one attached hydrogen (secondary N) is 3. The summed E-state index contributed by atoms with van der Waals surface area (Å²) in [4.78, 5) is 39.3. The molecular formula is C28H49N3O3. The lowest BCUT2D eigenvalue weighted by Crippen LogP contribution is -2.77. The van der Waals surface area contributed by atoms with Gasteiger partial charge in [0.05, 0.1) is 0 Å². The summed E-state index contributed by atoms with van der Waals surface area (Å²) < 4.78 is 0. The molecular weight excluding hydrogens is 426 g/mol. The van der Waals surface area contributed by atoms with Crippen molar-refractivity contribution in [3.63, 3.8) is 0 Å². The summed E-state index contributed by atoms with van der Waals surface area (Å²) in [7, 11) is 0. The van der Waals surface area contributed by atoms with E-state index in [1.807, 2.05) is 0 Å². The van der Waals surface area contributed by atoms with E-state index >= 15 is 0 Å². The molecule has 3 N–H and O–H groups in total. The molecule has 4 fully saturated rings. The van der Waals surface area contributed by atoms with Crippen molar-refractivity contribution in [2.45, 2.75) is 137 Å². The van der Waals surface area contributed by atoms with E-state index in [1.165, 1.54) is 0 Å². The number of carbonyl (C=O) groups excluding carboxylic acids is 3. The van der Waals surface area contributed by atoms with Gasteiger partial charge in [-0.3, -0.25) is 14.4 Å². The lowest BCUT2D eigenvalue weighted by Gasteiger charge is -2.66. The molecule has 6 heteroatoms. The Morgan fingerprint density at radius 1 is 0.559 bits per heavy atom. The van der Waals surface area contributed by atoms with Crippen molar-refractivity contribution in [2.75, 3.05) is 0 Å². The maximum absolute atomic E-state index is 13.1. The maximum atomic E-state index is 13.1. The molecule has 0 unspecified atom stereocenters. The summed E-state index contributed by atoms with van der Waals surface area (Å²) in [5.41, 5.74) is -1.43. The van der Waals surface area contributed by atoms with E-state index in [2.05, 4.69) is 78.3 Å². The Morgan fingerprint density at radius 3 is 1.00 bits per heavy atom. The number of hydrogen-bond donors (Lipinski definition) is 3. The minimum Gasteiger partial charge on any atom is -0.350 e. The smallest absolute Gasteiger partial charge is 0.220 e. The molecule has 0 saturated heterocycles. The Labute approximate surface area is 207 Å². The molecule has 4 rings (SSSR count). The summed E-state index contributed by atoms with van der Waals surface area (Å²) in [5.74, 6) is 0.585. The predicted molar refractivity (Wildman–Crippen MR) is 136 cm³/mol. The molecule has 6 nitrogen and oxygen atoms in total. The van der Waals surface area contributed by atoms with Gasteiger partial charge in [0.25, 0.3) is 0 Å². The first kappa shape index (κ1) is 27.0. The highest BCUT2D eigenvalue weighted by Crippen LogP contribution is 2.59. The van der Waals surface area contributed by atoms with E-state index in [1.54, 1.807) is 0 Å². The zero-order valence-corrected chi connectivity index (χ0v) is 23.2. The second kappa shape index (κ2) is 8.51. The maximum Gasteiger partial charge on any atom is 0.220 e. The second-order valence-corrected chi connectivity index (χ2v) is 15.7. The zero-order chi connectivity index (χ0) is 25.8. The van der Waals surface area contributed by atoms with E-state index in [0.29, 0.717) is 25.2 Å². The van der Waals surface area contributed by atoms with Crippen LogP contribution in [0.5, 0.6) is 0 Å². The van der Waals surface area contributed by atoms with E-state index in [4.69, 9.17) is 0 Å². The molecule has 0 aliphatic heterocycles. The van der Waals surface area contributed by atoms with Crippen LogP contribution >= 0.6 is 0 Å². The monoisotopic (exact) mass is 475 g/mol. The summed E-state index contributed by atoms with van der Waals surface area (Å²) >= 11 is 0. The first-order valence-electron chi connectivity index (χ1n) is 13.1. The highest BCUT2D eigenvalue weighted by Gasteiger charge is 2.64. The minimum atomic E-state index is -0.383. The van der Waals surface area contributed by atoms with Crippen LogP contribution in [0.15, 0.2) is 0 Å². The van der Waals surface area contributed by atoms with Crippen molar-refractivity contribution in [1.82, 2.24) is 16.0 Å². The molecule has 0 heterocycles. The summed E-state index contributed by atoms with van der Waals surface area (Å²) in [6.07, 6.45) is 6.42. The standard InChI is InChI=1S/C28H49N3O3/c1-23(2,3)13-20(32)29-26-10-19-11-27(16-26,30-21(33)14-24(4,5)6)18-28(12-19,17-26)31-22(34)15-25(7,8)9/h19H,10-18H2,1-9H3,(H,29,32)(H,30,33)(H,31,34). The Balaban J connectivity index is 1.89. The van der Waals surface area contributed by atoms with Crippen molar-refractivity contribution >= 4 is 17.7 Å². The molecule has 34 heavy (non-hydrogen) atoms. The van der Waals surface area contributed by atoms with Gasteiger partial charge >= 0.3 is 0 Å². The molecule has 4 aliphatic carbocycles. The van der Waals surface area contributed by atoms with Gasteiger partial charge < -0.3 is 16.0 Å². The van der Waals surface area contributed by atoms with Gasteiger partial charge in [0, 0.05) is 35.9 Å². The molecule has 0 radical (unpaired) electrons. The average molecular weight is 476 g/mol. The van der Waals surface area contributed by atoms with E-state index in [0.717, 1.165) is 38.5 Å². The molecule has 4 bridgehead atoms. The SMILES string of the molecule is CC(C)(C)CC(=O)NC12CC3CC(NC(=O)CC(C)(C)C)(C1)CC(NC(=O)CC(C)(C)C)(C3)C2. The van der Waals surface area contributed by atoms with Crippen LogP contribution < -0.4 is 16.0 Å². The normalized spacial score (nSPS) is 32.9. The fraction of sp³-hybridized carbons (Fsp3) is 0.893. The Kier molecular flexibility index (Phi) is 6.76. The van der Waals surface area contributed by atoms with Gasteiger partial charge in [-0.25, -0.2) is 0 Å². The largest absolute Gasteiger partial charge is 0.350 e. The Hall–Kier alpha value is -1.59. The van der Waals surface area contributed by atoms with E-state index in [9.17, 15) is 14.4 Å². The van der Waals surface area contributed by atoms with Crippen LogP contribution in [-0.2, 0) is 14.4 Å². The number of amides is 3. The molecule has 0 aromatic rings. The summed E-state index contributed by atoms with van der Waals surface area (Å²) in [6, 6.07) is 0. The van der Waals surface area contributed by atoms with Gasteiger partial charge in [0.15, 0.2) is 0 Å². The van der Waals surface area contributed by atoms with Gasteiger partial charge in [0.1, 0.15) is 0 Å². The molecule has 194 valence electrons. The fourth-order valence-corrected chi connectivity index (χ4v) is 7.32. The fourth-order valence-electron chi connectivity index (χ4n) is 7.32. The number of rotatable bonds is 6. The van der Waals surface area contributed by atoms with Crippen molar-refractivity contribution in [3.05, 3.63) is 0 Å². The highest BCUT2D eigenvalue weighted by atomic mass is 16.2. The molecule has 0 spiro atoms. The first-order chi connectivity index (χ1) is 15.2. The van der Waals surface area contributed by atoms with Crippen LogP contribution in [0.2, 0.25) is 0 Å². The third-order valence-electron chi connectivity index (χ3n) is 7.35. The third-order valence-corrected chi connectivity index (χ3v) is 7.35. The second-order valence-electron chi connectivity index (χ2n) is 15.7. The predicted octanol–water partition coefficient (Wildman–Crippen LogP) is 4.86. The van der Waals surface area contributed by atoms with E-state index < -0.39 is 0 Å². The lowest BCUT2D eigenvalue weighted by molar-refractivity contribution is -0.140. The van der Waals surface area contributed by atoms with Gasteiger partial charge in [-0.15, -0.1) is 0 Å². The molecule has 0 aromatic heterocycles. The van der Waals surface area contributed by atoms with Crippen molar-refractivity contribution < 1.29 is 14.4 Å². The van der Waals surface area contributed by atoms with Crippen LogP contribution in [0.4, 0.5) is 0 Å².